The van der Waals surface area contributed by atoms with E-state index in [1.54, 1.807) is 0 Å². The Morgan fingerprint density at radius 2 is 1.50 bits per heavy atom. The van der Waals surface area contributed by atoms with Crippen LogP contribution in [0.1, 0.15) is 6.42 Å². The van der Waals surface area contributed by atoms with Gasteiger partial charge in [0.2, 0.25) is 0 Å². The van der Waals surface area contributed by atoms with E-state index < -0.39 is 0 Å². The molecular weight excluding hydrogens is 107 g/mol. The molecule has 0 bridgehead atoms. The Balaban J connectivity index is 0. The van der Waals surface area contributed by atoms with Crippen LogP contribution in [0.5, 0.6) is 0 Å². The van der Waals surface area contributed by atoms with Crippen molar-refractivity contribution in [3.63, 3.8) is 0 Å². The SMILES string of the molecule is O=CCC=O.[K]. The van der Waals surface area contributed by atoms with E-state index in [9.17, 15) is 9.59 Å². The van der Waals surface area contributed by atoms with Crippen LogP contribution in [0, 0.1) is 0 Å². The summed E-state index contributed by atoms with van der Waals surface area (Å²) in [6.07, 6.45) is 1.15. The monoisotopic (exact) mass is 111 g/mol. The number of carbonyl (C=O) groups excluding carboxylic acids is 2. The zero-order valence-electron chi connectivity index (χ0n) is 3.68. The normalized spacial score (nSPS) is 5.33. The van der Waals surface area contributed by atoms with E-state index in [4.69, 9.17) is 0 Å². The van der Waals surface area contributed by atoms with Crippen LogP contribution in [0.2, 0.25) is 0 Å². The molecule has 0 atom stereocenters. The van der Waals surface area contributed by atoms with Crippen LogP contribution in [0.3, 0.4) is 0 Å². The van der Waals surface area contributed by atoms with Gasteiger partial charge >= 0.3 is 0 Å². The average molecular weight is 111 g/mol. The molecule has 0 saturated carbocycles. The maximum absolute atomic E-state index is 9.17. The summed E-state index contributed by atoms with van der Waals surface area (Å²) in [6, 6.07) is 0. The molecule has 0 fully saturated rings. The maximum atomic E-state index is 9.17. The zero-order chi connectivity index (χ0) is 4.12. The van der Waals surface area contributed by atoms with Gasteiger partial charge in [-0.3, -0.25) is 0 Å². The van der Waals surface area contributed by atoms with Gasteiger partial charge in [0, 0.05) is 51.4 Å². The van der Waals surface area contributed by atoms with Crippen molar-refractivity contribution in [2.24, 2.45) is 0 Å². The third-order valence-electron chi connectivity index (χ3n) is 0.192. The van der Waals surface area contributed by atoms with Crippen LogP contribution in [0.4, 0.5) is 0 Å². The molecule has 29 valence electrons. The molecule has 0 aromatic rings. The van der Waals surface area contributed by atoms with Crippen molar-refractivity contribution in [1.29, 1.82) is 0 Å². The van der Waals surface area contributed by atoms with E-state index in [1.807, 2.05) is 0 Å². The summed E-state index contributed by atoms with van der Waals surface area (Å²) in [5.41, 5.74) is 0. The van der Waals surface area contributed by atoms with Gasteiger partial charge < -0.3 is 9.59 Å². The first-order chi connectivity index (χ1) is 2.41. The standard InChI is InChI=1S/C3H4O2.K/c4-2-1-3-5;/h2-3H,1H2;. The second kappa shape index (κ2) is 9.36. The van der Waals surface area contributed by atoms with E-state index in [0.29, 0.717) is 12.6 Å². The quantitative estimate of drug-likeness (QED) is 0.271. The molecule has 0 aliphatic carbocycles. The van der Waals surface area contributed by atoms with Gasteiger partial charge in [0.05, 0.1) is 6.42 Å². The van der Waals surface area contributed by atoms with E-state index in [1.165, 1.54) is 0 Å². The third kappa shape index (κ3) is 8.88. The van der Waals surface area contributed by atoms with Crippen molar-refractivity contribution < 1.29 is 9.59 Å². The van der Waals surface area contributed by atoms with Gasteiger partial charge in [-0.05, 0) is 0 Å². The summed E-state index contributed by atoms with van der Waals surface area (Å²) in [4.78, 5) is 18.3. The van der Waals surface area contributed by atoms with Crippen molar-refractivity contribution >= 4 is 64.0 Å². The minimum Gasteiger partial charge on any atom is -0.303 e. The molecule has 2 nitrogen and oxygen atoms in total. The van der Waals surface area contributed by atoms with Crippen LogP contribution in [0.25, 0.3) is 0 Å². The molecular formula is C3H4KO2. The van der Waals surface area contributed by atoms with E-state index in [2.05, 4.69) is 0 Å². The molecule has 3 heteroatoms. The zero-order valence-corrected chi connectivity index (χ0v) is 6.80. The molecule has 0 amide bonds. The average Bonchev–Trinajstić information content (AvgIpc) is 1.41. The Labute approximate surface area is 78.7 Å². The molecule has 0 aromatic heterocycles. The number of hydrogen-bond donors (Lipinski definition) is 0. The van der Waals surface area contributed by atoms with Crippen molar-refractivity contribution in [2.75, 3.05) is 0 Å². The minimum absolute atomic E-state index is 0. The predicted molar refractivity (Wildman–Crippen MR) is 22.5 cm³/mol. The largest absolute Gasteiger partial charge is 0.303 e. The van der Waals surface area contributed by atoms with Crippen molar-refractivity contribution in [3.05, 3.63) is 0 Å². The van der Waals surface area contributed by atoms with Crippen LogP contribution in [-0.2, 0) is 9.59 Å². The molecule has 0 aliphatic heterocycles. The fourth-order valence-electron chi connectivity index (χ4n) is 0.0393. The Morgan fingerprint density at radius 3 is 1.50 bits per heavy atom. The van der Waals surface area contributed by atoms with Gasteiger partial charge in [-0.1, -0.05) is 0 Å². The molecule has 0 spiro atoms. The summed E-state index contributed by atoms with van der Waals surface area (Å²) < 4.78 is 0. The van der Waals surface area contributed by atoms with Gasteiger partial charge in [0.25, 0.3) is 0 Å². The van der Waals surface area contributed by atoms with Crippen LogP contribution in [0.15, 0.2) is 0 Å². The molecule has 6 heavy (non-hydrogen) atoms. The second-order valence-electron chi connectivity index (χ2n) is 0.569. The smallest absolute Gasteiger partial charge is 0.127 e. The van der Waals surface area contributed by atoms with Crippen LogP contribution < -0.4 is 0 Å². The molecule has 0 aliphatic rings. The second-order valence-corrected chi connectivity index (χ2v) is 0.569. The number of carbonyl (C=O) groups is 2. The summed E-state index contributed by atoms with van der Waals surface area (Å²) in [5.74, 6) is 0. The Kier molecular flexibility index (Phi) is 15.7. The first-order valence-electron chi connectivity index (χ1n) is 1.29. The van der Waals surface area contributed by atoms with Gasteiger partial charge in [-0.2, -0.15) is 0 Å². The molecule has 0 N–H and O–H groups in total. The molecule has 0 heterocycles. The summed E-state index contributed by atoms with van der Waals surface area (Å²) >= 11 is 0. The van der Waals surface area contributed by atoms with E-state index in [-0.39, 0.29) is 57.8 Å². The fourth-order valence-corrected chi connectivity index (χ4v) is 0.0393. The van der Waals surface area contributed by atoms with E-state index >= 15 is 0 Å². The maximum Gasteiger partial charge on any atom is 0.127 e. The third-order valence-corrected chi connectivity index (χ3v) is 0.192. The predicted octanol–water partition coefficient (Wildman–Crippen LogP) is -0.607. The summed E-state index contributed by atoms with van der Waals surface area (Å²) in [7, 11) is 0. The molecule has 0 saturated heterocycles. The Morgan fingerprint density at radius 1 is 1.17 bits per heavy atom. The van der Waals surface area contributed by atoms with E-state index in [0.717, 1.165) is 0 Å². The van der Waals surface area contributed by atoms with Crippen molar-refractivity contribution in [2.45, 2.75) is 6.42 Å². The minimum atomic E-state index is 0. The van der Waals surface area contributed by atoms with Gasteiger partial charge in [0.1, 0.15) is 12.6 Å². The van der Waals surface area contributed by atoms with Crippen LogP contribution in [-0.4, -0.2) is 64.0 Å². The number of aldehydes is 2. The topological polar surface area (TPSA) is 34.1 Å². The molecule has 1 radical (unpaired) electrons. The first kappa shape index (κ1) is 10.1. The van der Waals surface area contributed by atoms with Crippen LogP contribution >= 0.6 is 0 Å². The van der Waals surface area contributed by atoms with Gasteiger partial charge in [0.15, 0.2) is 0 Å². The Hall–Kier alpha value is 0.976. The molecule has 0 aromatic carbocycles. The number of hydrogen-bond acceptors (Lipinski definition) is 2. The summed E-state index contributed by atoms with van der Waals surface area (Å²) in [6.45, 7) is 0. The van der Waals surface area contributed by atoms with Gasteiger partial charge in [-0.15, -0.1) is 0 Å². The molecule has 0 unspecified atom stereocenters. The fraction of sp³-hybridized carbons (Fsp3) is 0.333. The Bertz CT molecular complexity index is 38.1. The first-order valence-corrected chi connectivity index (χ1v) is 1.29. The number of rotatable bonds is 2. The van der Waals surface area contributed by atoms with Gasteiger partial charge in [-0.25, -0.2) is 0 Å². The van der Waals surface area contributed by atoms with Crippen molar-refractivity contribution in [3.8, 4) is 0 Å². The summed E-state index contributed by atoms with van der Waals surface area (Å²) in [5, 5.41) is 0. The molecule has 0 rings (SSSR count). The van der Waals surface area contributed by atoms with Crippen molar-refractivity contribution in [1.82, 2.24) is 0 Å².